The van der Waals surface area contributed by atoms with E-state index in [1.165, 1.54) is 6.20 Å². The number of aromatic amines is 1. The number of nitrogens with one attached hydrogen (secondary N) is 1. The summed E-state index contributed by atoms with van der Waals surface area (Å²) in [5.41, 5.74) is 7.44. The molecule has 3 N–H and O–H groups in total. The van der Waals surface area contributed by atoms with Crippen molar-refractivity contribution in [3.05, 3.63) is 52.6 Å². The van der Waals surface area contributed by atoms with Gasteiger partial charge in [0, 0.05) is 11.8 Å². The first-order chi connectivity index (χ1) is 11.3. The first kappa shape index (κ1) is 17.4. The van der Waals surface area contributed by atoms with Crippen LogP contribution in [0.15, 0.2) is 24.5 Å². The maximum atomic E-state index is 12.5. The van der Waals surface area contributed by atoms with Crippen LogP contribution in [0.1, 0.15) is 49.4 Å². The largest absolute Gasteiger partial charge is 0.462 e. The molecule has 2 rings (SSSR count). The number of esters is 1. The molecule has 0 aliphatic carbocycles. The molecule has 7 nitrogen and oxygen atoms in total. The summed E-state index contributed by atoms with van der Waals surface area (Å²) in [7, 11) is 0. The monoisotopic (exact) mass is 330 g/mol. The number of aromatic nitrogens is 2. The molecule has 0 saturated heterocycles. The van der Waals surface area contributed by atoms with E-state index in [0.29, 0.717) is 28.1 Å². The standard InChI is InChI=1S/C17H19N3O4/c1-4-24-17(23)14-10(2)15(19-11(14)3)13(21)9-20-7-5-6-12(8-20)16(18)22/h5-8H,4,9H2,1-3H3,(H2-,18,19,21,22,23)/p+1. The second kappa shape index (κ2) is 7.08. The van der Waals surface area contributed by atoms with Crippen molar-refractivity contribution in [3.8, 4) is 0 Å². The molecule has 2 heterocycles. The van der Waals surface area contributed by atoms with Crippen LogP contribution in [0.3, 0.4) is 0 Å². The van der Waals surface area contributed by atoms with Gasteiger partial charge in [-0.25, -0.2) is 4.79 Å². The van der Waals surface area contributed by atoms with E-state index in [-0.39, 0.29) is 18.9 Å². The Kier molecular flexibility index (Phi) is 5.13. The van der Waals surface area contributed by atoms with Gasteiger partial charge in [-0.3, -0.25) is 9.59 Å². The molecule has 24 heavy (non-hydrogen) atoms. The van der Waals surface area contributed by atoms with Gasteiger partial charge >= 0.3 is 5.97 Å². The highest BCUT2D eigenvalue weighted by molar-refractivity contribution is 6.01. The molecule has 0 saturated carbocycles. The van der Waals surface area contributed by atoms with E-state index in [0.717, 1.165) is 0 Å². The third kappa shape index (κ3) is 3.51. The van der Waals surface area contributed by atoms with Crippen LogP contribution in [0.5, 0.6) is 0 Å². The van der Waals surface area contributed by atoms with E-state index in [9.17, 15) is 14.4 Å². The number of nitrogens with two attached hydrogens (primary N) is 1. The Hall–Kier alpha value is -2.96. The summed E-state index contributed by atoms with van der Waals surface area (Å²) in [5.74, 6) is -1.22. The van der Waals surface area contributed by atoms with Crippen molar-refractivity contribution in [2.24, 2.45) is 5.73 Å². The predicted octanol–water partition coefficient (Wildman–Crippen LogP) is 1.08. The fourth-order valence-corrected chi connectivity index (χ4v) is 2.55. The summed E-state index contributed by atoms with van der Waals surface area (Å²) in [5, 5.41) is 0. The smallest absolute Gasteiger partial charge is 0.340 e. The van der Waals surface area contributed by atoms with Crippen molar-refractivity contribution in [1.29, 1.82) is 0 Å². The second-order valence-corrected chi connectivity index (χ2v) is 5.40. The summed E-state index contributed by atoms with van der Waals surface area (Å²) < 4.78 is 6.59. The Balaban J connectivity index is 2.28. The maximum absolute atomic E-state index is 12.5. The number of Topliss-reactive ketones (excluding diaryl/α,β-unsaturated/α-hetero) is 1. The van der Waals surface area contributed by atoms with Gasteiger partial charge in [-0.1, -0.05) is 0 Å². The molecule has 0 aliphatic rings. The van der Waals surface area contributed by atoms with Crippen LogP contribution in [0, 0.1) is 13.8 Å². The lowest BCUT2D eigenvalue weighted by molar-refractivity contribution is -0.683. The molecule has 2 aromatic rings. The average Bonchev–Trinajstić information content (AvgIpc) is 2.82. The molecule has 0 atom stereocenters. The van der Waals surface area contributed by atoms with Gasteiger partial charge in [0.2, 0.25) is 12.3 Å². The van der Waals surface area contributed by atoms with E-state index in [1.54, 1.807) is 43.7 Å². The third-order valence-electron chi connectivity index (χ3n) is 3.66. The van der Waals surface area contributed by atoms with E-state index in [1.807, 2.05) is 0 Å². The first-order valence-electron chi connectivity index (χ1n) is 7.53. The highest BCUT2D eigenvalue weighted by Crippen LogP contribution is 2.19. The van der Waals surface area contributed by atoms with Gasteiger partial charge in [0.05, 0.1) is 17.9 Å². The van der Waals surface area contributed by atoms with E-state index < -0.39 is 11.9 Å². The lowest BCUT2D eigenvalue weighted by Gasteiger charge is -2.02. The molecule has 0 bridgehead atoms. The van der Waals surface area contributed by atoms with Crippen LogP contribution >= 0.6 is 0 Å². The van der Waals surface area contributed by atoms with Crippen LogP contribution in [0.2, 0.25) is 0 Å². The highest BCUT2D eigenvalue weighted by atomic mass is 16.5. The molecule has 0 aromatic carbocycles. The van der Waals surface area contributed by atoms with E-state index in [2.05, 4.69) is 4.98 Å². The lowest BCUT2D eigenvalue weighted by Crippen LogP contribution is -2.38. The number of carbonyl (C=O) groups is 3. The van der Waals surface area contributed by atoms with E-state index >= 15 is 0 Å². The number of hydrogen-bond acceptors (Lipinski definition) is 4. The number of nitrogens with zero attached hydrogens (tertiary/aromatic N) is 1. The summed E-state index contributed by atoms with van der Waals surface area (Å²) >= 11 is 0. The number of rotatable bonds is 6. The molecule has 0 radical (unpaired) electrons. The number of aryl methyl sites for hydroxylation is 1. The van der Waals surface area contributed by atoms with Gasteiger partial charge in [0.25, 0.3) is 5.91 Å². The van der Waals surface area contributed by atoms with E-state index in [4.69, 9.17) is 10.5 Å². The Morgan fingerprint density at radius 1 is 1.29 bits per heavy atom. The summed E-state index contributed by atoms with van der Waals surface area (Å²) in [6.45, 7) is 5.43. The van der Waals surface area contributed by atoms with Crippen molar-refractivity contribution in [1.82, 2.24) is 4.98 Å². The zero-order valence-electron chi connectivity index (χ0n) is 13.9. The normalized spacial score (nSPS) is 10.5. The number of ether oxygens (including phenoxy) is 1. The van der Waals surface area contributed by atoms with Crippen molar-refractivity contribution < 1.29 is 23.7 Å². The molecule has 0 unspecified atom stereocenters. The zero-order valence-corrected chi connectivity index (χ0v) is 13.9. The minimum absolute atomic E-state index is 0.0180. The van der Waals surface area contributed by atoms with Gasteiger partial charge in [0.1, 0.15) is 5.56 Å². The molecule has 0 spiro atoms. The van der Waals surface area contributed by atoms with Crippen LogP contribution < -0.4 is 10.3 Å². The Bertz CT molecular complexity index is 808. The molecule has 0 fully saturated rings. The molecular weight excluding hydrogens is 310 g/mol. The van der Waals surface area contributed by atoms with Gasteiger partial charge in [-0.15, -0.1) is 0 Å². The molecule has 0 aliphatic heterocycles. The lowest BCUT2D eigenvalue weighted by atomic mass is 10.1. The Morgan fingerprint density at radius 2 is 2.00 bits per heavy atom. The van der Waals surface area contributed by atoms with Crippen LogP contribution in [-0.2, 0) is 11.3 Å². The van der Waals surface area contributed by atoms with Crippen LogP contribution in [-0.4, -0.2) is 29.3 Å². The van der Waals surface area contributed by atoms with Crippen LogP contribution in [0.25, 0.3) is 0 Å². The highest BCUT2D eigenvalue weighted by Gasteiger charge is 2.24. The van der Waals surface area contributed by atoms with Gasteiger partial charge in [-0.2, -0.15) is 4.57 Å². The quantitative estimate of drug-likeness (QED) is 0.469. The molecule has 7 heteroatoms. The fourth-order valence-electron chi connectivity index (χ4n) is 2.55. The number of amides is 1. The Labute approximate surface area is 139 Å². The third-order valence-corrected chi connectivity index (χ3v) is 3.66. The Morgan fingerprint density at radius 3 is 2.62 bits per heavy atom. The van der Waals surface area contributed by atoms with Crippen molar-refractivity contribution in [2.75, 3.05) is 6.61 Å². The fraction of sp³-hybridized carbons (Fsp3) is 0.294. The number of carbonyl (C=O) groups excluding carboxylic acids is 3. The number of ketones is 1. The number of hydrogen-bond donors (Lipinski definition) is 2. The number of primary amides is 1. The minimum Gasteiger partial charge on any atom is -0.462 e. The van der Waals surface area contributed by atoms with Crippen LogP contribution in [0.4, 0.5) is 0 Å². The summed E-state index contributed by atoms with van der Waals surface area (Å²) in [6, 6.07) is 3.22. The summed E-state index contributed by atoms with van der Waals surface area (Å²) in [6.07, 6.45) is 3.18. The van der Waals surface area contributed by atoms with Crippen molar-refractivity contribution in [2.45, 2.75) is 27.3 Å². The maximum Gasteiger partial charge on any atom is 0.340 e. The SMILES string of the molecule is CCOC(=O)c1c(C)[nH]c(C(=O)C[n+]2cccc(C(N)=O)c2)c1C. The van der Waals surface area contributed by atoms with Crippen molar-refractivity contribution >= 4 is 17.7 Å². The first-order valence-corrected chi connectivity index (χ1v) is 7.53. The number of H-pyrrole nitrogens is 1. The average molecular weight is 330 g/mol. The molecular formula is C17H20N3O4+. The van der Waals surface area contributed by atoms with Gasteiger partial charge in [-0.05, 0) is 32.4 Å². The number of pyridine rings is 1. The van der Waals surface area contributed by atoms with Gasteiger partial charge < -0.3 is 15.5 Å². The zero-order chi connectivity index (χ0) is 17.9. The molecule has 1 amide bonds. The van der Waals surface area contributed by atoms with Crippen molar-refractivity contribution in [3.63, 3.8) is 0 Å². The summed E-state index contributed by atoms with van der Waals surface area (Å²) in [4.78, 5) is 38.7. The topological polar surface area (TPSA) is 106 Å². The second-order valence-electron chi connectivity index (χ2n) is 5.40. The minimum atomic E-state index is -0.562. The molecule has 2 aromatic heterocycles. The molecule has 126 valence electrons. The predicted molar refractivity (Wildman–Crippen MR) is 85.7 cm³/mol. The van der Waals surface area contributed by atoms with Gasteiger partial charge in [0.15, 0.2) is 12.4 Å².